The van der Waals surface area contributed by atoms with Crippen LogP contribution >= 0.6 is 0 Å². The lowest BCUT2D eigenvalue weighted by Gasteiger charge is -2.28. The molecule has 0 bridgehead atoms. The number of nitrogens with one attached hydrogen (secondary N) is 1. The number of benzene rings is 1. The smallest absolute Gasteiger partial charge is 0.161 e. The van der Waals surface area contributed by atoms with Crippen LogP contribution in [0, 0.1) is 5.41 Å². The van der Waals surface area contributed by atoms with E-state index in [9.17, 15) is 0 Å². The van der Waals surface area contributed by atoms with Crippen molar-refractivity contribution < 1.29 is 9.47 Å². The highest BCUT2D eigenvalue weighted by Gasteiger charge is 2.31. The predicted molar refractivity (Wildman–Crippen MR) is 80.3 cm³/mol. The number of fused-ring (bicyclic) bond motifs is 1. The van der Waals surface area contributed by atoms with Gasteiger partial charge in [-0.05, 0) is 42.4 Å². The molecular formula is C17H25NO2. The summed E-state index contributed by atoms with van der Waals surface area (Å²) in [4.78, 5) is 0. The molecule has 3 nitrogen and oxygen atoms in total. The largest absolute Gasteiger partial charge is 0.486 e. The van der Waals surface area contributed by atoms with Gasteiger partial charge in [0.1, 0.15) is 13.2 Å². The van der Waals surface area contributed by atoms with E-state index in [1.807, 2.05) is 6.07 Å². The lowest BCUT2D eigenvalue weighted by molar-refractivity contribution is 0.171. The SMILES string of the molecule is CCC1(CNCc2ccc3c(c2)OCCO3)CCCC1. The normalized spacial score (nSPS) is 20.1. The average Bonchev–Trinajstić information content (AvgIpc) is 2.96. The maximum Gasteiger partial charge on any atom is 0.161 e. The minimum atomic E-state index is 0.549. The van der Waals surface area contributed by atoms with Gasteiger partial charge in [-0.3, -0.25) is 0 Å². The fourth-order valence-corrected chi connectivity index (χ4v) is 3.45. The Morgan fingerprint density at radius 2 is 1.85 bits per heavy atom. The van der Waals surface area contributed by atoms with Gasteiger partial charge in [-0.1, -0.05) is 25.8 Å². The topological polar surface area (TPSA) is 30.5 Å². The second-order valence-corrected chi connectivity index (χ2v) is 6.14. The Kier molecular flexibility index (Phi) is 4.16. The van der Waals surface area contributed by atoms with Gasteiger partial charge in [0.05, 0.1) is 0 Å². The fourth-order valence-electron chi connectivity index (χ4n) is 3.45. The minimum absolute atomic E-state index is 0.549. The first kappa shape index (κ1) is 13.7. The molecule has 2 aliphatic rings. The van der Waals surface area contributed by atoms with E-state index in [-0.39, 0.29) is 0 Å². The molecule has 0 amide bonds. The Labute approximate surface area is 121 Å². The van der Waals surface area contributed by atoms with E-state index in [0.29, 0.717) is 18.6 Å². The van der Waals surface area contributed by atoms with E-state index >= 15 is 0 Å². The van der Waals surface area contributed by atoms with Crippen LogP contribution in [0.15, 0.2) is 18.2 Å². The summed E-state index contributed by atoms with van der Waals surface area (Å²) >= 11 is 0. The molecular weight excluding hydrogens is 250 g/mol. The highest BCUT2D eigenvalue weighted by atomic mass is 16.6. The van der Waals surface area contributed by atoms with Gasteiger partial charge in [0.25, 0.3) is 0 Å². The Morgan fingerprint density at radius 3 is 2.60 bits per heavy atom. The molecule has 3 rings (SSSR count). The third kappa shape index (κ3) is 2.93. The molecule has 0 aromatic heterocycles. The van der Waals surface area contributed by atoms with Crippen LogP contribution in [0.2, 0.25) is 0 Å². The molecule has 0 radical (unpaired) electrons. The summed E-state index contributed by atoms with van der Waals surface area (Å²) in [5.41, 5.74) is 1.83. The zero-order valence-electron chi connectivity index (χ0n) is 12.4. The lowest BCUT2D eigenvalue weighted by atomic mass is 9.83. The lowest BCUT2D eigenvalue weighted by Crippen LogP contribution is -2.31. The molecule has 1 aliphatic heterocycles. The summed E-state index contributed by atoms with van der Waals surface area (Å²) in [6, 6.07) is 6.26. The molecule has 1 aromatic rings. The summed E-state index contributed by atoms with van der Waals surface area (Å²) in [6.45, 7) is 5.69. The second kappa shape index (κ2) is 6.04. The second-order valence-electron chi connectivity index (χ2n) is 6.14. The van der Waals surface area contributed by atoms with Crippen LogP contribution in [-0.4, -0.2) is 19.8 Å². The van der Waals surface area contributed by atoms with Crippen LogP contribution in [0.5, 0.6) is 11.5 Å². The van der Waals surface area contributed by atoms with E-state index in [0.717, 1.165) is 24.6 Å². The van der Waals surface area contributed by atoms with Gasteiger partial charge < -0.3 is 14.8 Å². The first-order valence-electron chi connectivity index (χ1n) is 7.91. The summed E-state index contributed by atoms with van der Waals surface area (Å²) in [5, 5.41) is 3.65. The van der Waals surface area contributed by atoms with Crippen molar-refractivity contribution in [2.75, 3.05) is 19.8 Å². The number of rotatable bonds is 5. The molecule has 1 aliphatic carbocycles. The highest BCUT2D eigenvalue weighted by Crippen LogP contribution is 2.40. The number of ether oxygens (including phenoxy) is 2. The van der Waals surface area contributed by atoms with Gasteiger partial charge in [0.15, 0.2) is 11.5 Å². The molecule has 0 atom stereocenters. The van der Waals surface area contributed by atoms with E-state index in [1.165, 1.54) is 37.7 Å². The van der Waals surface area contributed by atoms with Crippen molar-refractivity contribution in [2.24, 2.45) is 5.41 Å². The zero-order chi connectivity index (χ0) is 13.8. The monoisotopic (exact) mass is 275 g/mol. The van der Waals surface area contributed by atoms with Crippen LogP contribution in [0.4, 0.5) is 0 Å². The van der Waals surface area contributed by atoms with Gasteiger partial charge >= 0.3 is 0 Å². The van der Waals surface area contributed by atoms with Crippen molar-refractivity contribution in [1.82, 2.24) is 5.32 Å². The van der Waals surface area contributed by atoms with E-state index in [1.54, 1.807) is 0 Å². The van der Waals surface area contributed by atoms with Crippen molar-refractivity contribution >= 4 is 0 Å². The third-order valence-electron chi connectivity index (χ3n) is 4.85. The fraction of sp³-hybridized carbons (Fsp3) is 0.647. The van der Waals surface area contributed by atoms with Crippen LogP contribution < -0.4 is 14.8 Å². The Balaban J connectivity index is 1.56. The molecule has 0 saturated heterocycles. The van der Waals surface area contributed by atoms with Gasteiger partial charge in [-0.15, -0.1) is 0 Å². The average molecular weight is 275 g/mol. The van der Waals surface area contributed by atoms with Crippen LogP contribution in [-0.2, 0) is 6.54 Å². The molecule has 20 heavy (non-hydrogen) atoms. The van der Waals surface area contributed by atoms with Crippen LogP contribution in [0.1, 0.15) is 44.6 Å². The highest BCUT2D eigenvalue weighted by molar-refractivity contribution is 5.43. The van der Waals surface area contributed by atoms with Gasteiger partial charge in [0, 0.05) is 13.1 Å². The number of hydrogen-bond donors (Lipinski definition) is 1. The van der Waals surface area contributed by atoms with E-state index < -0.39 is 0 Å². The summed E-state index contributed by atoms with van der Waals surface area (Å²) in [6.07, 6.45) is 6.87. The first-order valence-corrected chi connectivity index (χ1v) is 7.91. The Morgan fingerprint density at radius 1 is 1.10 bits per heavy atom. The standard InChI is InChI=1S/C17H25NO2/c1-2-17(7-3-4-8-17)13-18-12-14-5-6-15-16(11-14)20-10-9-19-15/h5-6,11,18H,2-4,7-10,12-13H2,1H3. The molecule has 1 saturated carbocycles. The zero-order valence-corrected chi connectivity index (χ0v) is 12.4. The Hall–Kier alpha value is -1.22. The van der Waals surface area contributed by atoms with Crippen molar-refractivity contribution in [2.45, 2.75) is 45.6 Å². The van der Waals surface area contributed by atoms with Crippen molar-refractivity contribution in [3.63, 3.8) is 0 Å². The van der Waals surface area contributed by atoms with Crippen molar-refractivity contribution in [3.8, 4) is 11.5 Å². The Bertz CT molecular complexity index is 452. The summed E-state index contributed by atoms with van der Waals surface area (Å²) < 4.78 is 11.2. The maximum absolute atomic E-state index is 5.63. The van der Waals surface area contributed by atoms with Crippen molar-refractivity contribution in [1.29, 1.82) is 0 Å². The van der Waals surface area contributed by atoms with Crippen LogP contribution in [0.3, 0.4) is 0 Å². The predicted octanol–water partition coefficient (Wildman–Crippen LogP) is 3.52. The quantitative estimate of drug-likeness (QED) is 0.892. The molecule has 0 spiro atoms. The van der Waals surface area contributed by atoms with E-state index in [4.69, 9.17) is 9.47 Å². The third-order valence-corrected chi connectivity index (χ3v) is 4.85. The first-order chi connectivity index (χ1) is 9.81. The van der Waals surface area contributed by atoms with Gasteiger partial charge in [-0.2, -0.15) is 0 Å². The van der Waals surface area contributed by atoms with Crippen LogP contribution in [0.25, 0.3) is 0 Å². The summed E-state index contributed by atoms with van der Waals surface area (Å²) in [5.74, 6) is 1.77. The minimum Gasteiger partial charge on any atom is -0.486 e. The van der Waals surface area contributed by atoms with Gasteiger partial charge in [0.2, 0.25) is 0 Å². The molecule has 1 N–H and O–H groups in total. The molecule has 3 heteroatoms. The molecule has 1 heterocycles. The van der Waals surface area contributed by atoms with E-state index in [2.05, 4.69) is 24.4 Å². The molecule has 0 unspecified atom stereocenters. The maximum atomic E-state index is 5.63. The molecule has 1 aromatic carbocycles. The summed E-state index contributed by atoms with van der Waals surface area (Å²) in [7, 11) is 0. The molecule has 1 fully saturated rings. The molecule has 110 valence electrons. The van der Waals surface area contributed by atoms with Crippen molar-refractivity contribution in [3.05, 3.63) is 23.8 Å². The number of hydrogen-bond acceptors (Lipinski definition) is 3. The van der Waals surface area contributed by atoms with Gasteiger partial charge in [-0.25, -0.2) is 0 Å².